The van der Waals surface area contributed by atoms with Crippen LogP contribution in [-0.4, -0.2) is 47.6 Å². The molecule has 1 amide bonds. The largest absolute Gasteiger partial charge is 0.364 e. The Morgan fingerprint density at radius 1 is 1.42 bits per heavy atom. The number of nitrogens with zero attached hydrogens (tertiary/aromatic N) is 3. The van der Waals surface area contributed by atoms with Crippen LogP contribution in [0.1, 0.15) is 44.7 Å². The fourth-order valence-electron chi connectivity index (χ4n) is 3.50. The predicted octanol–water partition coefficient (Wildman–Crippen LogP) is 1.52. The number of likely N-dealkylation sites (tertiary alicyclic amines) is 1. The lowest BCUT2D eigenvalue weighted by molar-refractivity contribution is -0.134. The minimum atomic E-state index is 0.255. The summed E-state index contributed by atoms with van der Waals surface area (Å²) < 4.78 is 4.83. The van der Waals surface area contributed by atoms with Crippen molar-refractivity contribution < 1.29 is 9.32 Å². The van der Waals surface area contributed by atoms with Gasteiger partial charge in [0.1, 0.15) is 12.0 Å². The second-order valence-electron chi connectivity index (χ2n) is 6.58. The number of nitrogens with one attached hydrogen (secondary N) is 2. The zero-order valence-corrected chi connectivity index (χ0v) is 14.3. The Bertz CT molecular complexity index is 551. The summed E-state index contributed by atoms with van der Waals surface area (Å²) in [5, 5.41) is 10.6. The van der Waals surface area contributed by atoms with E-state index in [1.165, 1.54) is 12.8 Å². The van der Waals surface area contributed by atoms with Gasteiger partial charge in [-0.15, -0.1) is 0 Å². The number of aromatic nitrogens is 1. The molecule has 1 saturated carbocycles. The normalized spacial score (nSPS) is 22.1. The monoisotopic (exact) mass is 333 g/mol. The molecule has 132 valence electrons. The van der Waals surface area contributed by atoms with E-state index in [2.05, 4.69) is 20.8 Å². The summed E-state index contributed by atoms with van der Waals surface area (Å²) in [5.41, 5.74) is 0.802. The van der Waals surface area contributed by atoms with Gasteiger partial charge in [0.15, 0.2) is 5.96 Å². The first kappa shape index (κ1) is 16.8. The van der Waals surface area contributed by atoms with E-state index in [-0.39, 0.29) is 12.0 Å². The lowest BCUT2D eigenvalue weighted by atomic mass is 10.1. The molecule has 2 heterocycles. The highest BCUT2D eigenvalue weighted by Gasteiger charge is 2.32. The third kappa shape index (κ3) is 4.27. The molecule has 0 bridgehead atoms. The summed E-state index contributed by atoms with van der Waals surface area (Å²) in [6.07, 6.45) is 7.04. The highest BCUT2D eigenvalue weighted by atomic mass is 16.5. The molecule has 0 radical (unpaired) electrons. The molecule has 1 aliphatic heterocycles. The lowest BCUT2D eigenvalue weighted by Crippen LogP contribution is -2.45. The molecule has 1 unspecified atom stereocenters. The van der Waals surface area contributed by atoms with Crippen LogP contribution in [-0.2, 0) is 11.3 Å². The van der Waals surface area contributed by atoms with Crippen LogP contribution < -0.4 is 10.6 Å². The van der Waals surface area contributed by atoms with E-state index < -0.39 is 0 Å². The Kier molecular flexibility index (Phi) is 5.72. The fraction of sp³-hybridized carbons (Fsp3) is 0.706. The minimum absolute atomic E-state index is 0.255. The topological polar surface area (TPSA) is 82.8 Å². The summed E-state index contributed by atoms with van der Waals surface area (Å²) in [4.78, 5) is 19.1. The average molecular weight is 333 g/mol. The Hall–Kier alpha value is -2.05. The summed E-state index contributed by atoms with van der Waals surface area (Å²) >= 11 is 0. The van der Waals surface area contributed by atoms with Gasteiger partial charge in [-0.2, -0.15) is 0 Å². The van der Waals surface area contributed by atoms with Gasteiger partial charge in [0, 0.05) is 37.7 Å². The number of hydrogen-bond acceptors (Lipinski definition) is 4. The number of amides is 1. The van der Waals surface area contributed by atoms with Crippen LogP contribution in [0.15, 0.2) is 21.8 Å². The van der Waals surface area contributed by atoms with Crippen LogP contribution in [0.3, 0.4) is 0 Å². The smallest absolute Gasteiger partial charge is 0.225 e. The lowest BCUT2D eigenvalue weighted by Gasteiger charge is -2.21. The molecule has 1 atom stereocenters. The molecule has 24 heavy (non-hydrogen) atoms. The molecule has 7 heteroatoms. The van der Waals surface area contributed by atoms with Gasteiger partial charge in [0.25, 0.3) is 0 Å². The van der Waals surface area contributed by atoms with Crippen molar-refractivity contribution in [3.8, 4) is 0 Å². The maximum Gasteiger partial charge on any atom is 0.225 e. The highest BCUT2D eigenvalue weighted by molar-refractivity contribution is 5.81. The number of carbonyl (C=O) groups excluding carboxylic acids is 1. The van der Waals surface area contributed by atoms with E-state index in [1.54, 1.807) is 6.26 Å². The van der Waals surface area contributed by atoms with Crippen LogP contribution in [0.25, 0.3) is 0 Å². The van der Waals surface area contributed by atoms with Crippen LogP contribution in [0.4, 0.5) is 0 Å². The van der Waals surface area contributed by atoms with Gasteiger partial charge >= 0.3 is 0 Å². The number of aliphatic imine (C=N–C) groups is 1. The van der Waals surface area contributed by atoms with Crippen molar-refractivity contribution in [1.29, 1.82) is 0 Å². The first-order valence-electron chi connectivity index (χ1n) is 8.99. The minimum Gasteiger partial charge on any atom is -0.364 e. The van der Waals surface area contributed by atoms with Gasteiger partial charge in [0.2, 0.25) is 5.91 Å². The van der Waals surface area contributed by atoms with Crippen molar-refractivity contribution >= 4 is 11.9 Å². The molecular weight excluding hydrogens is 306 g/mol. The molecule has 1 saturated heterocycles. The maximum atomic E-state index is 12.5. The molecule has 2 N–H and O–H groups in total. The highest BCUT2D eigenvalue weighted by Crippen LogP contribution is 2.27. The molecule has 0 aromatic carbocycles. The third-order valence-corrected chi connectivity index (χ3v) is 4.78. The van der Waals surface area contributed by atoms with E-state index >= 15 is 0 Å². The van der Waals surface area contributed by atoms with E-state index in [0.29, 0.717) is 12.5 Å². The second kappa shape index (κ2) is 8.17. The zero-order chi connectivity index (χ0) is 16.8. The Morgan fingerprint density at radius 3 is 2.96 bits per heavy atom. The predicted molar refractivity (Wildman–Crippen MR) is 91.4 cm³/mol. The summed E-state index contributed by atoms with van der Waals surface area (Å²) in [5.74, 6) is 1.37. The van der Waals surface area contributed by atoms with Gasteiger partial charge in [-0.3, -0.25) is 4.79 Å². The van der Waals surface area contributed by atoms with Crippen LogP contribution in [0.2, 0.25) is 0 Å². The average Bonchev–Trinajstić information content (AvgIpc) is 3.33. The van der Waals surface area contributed by atoms with Crippen LogP contribution in [0, 0.1) is 5.92 Å². The molecule has 3 rings (SSSR count). The van der Waals surface area contributed by atoms with Crippen LogP contribution in [0.5, 0.6) is 0 Å². The van der Waals surface area contributed by atoms with Crippen LogP contribution >= 0.6 is 0 Å². The Morgan fingerprint density at radius 2 is 2.25 bits per heavy atom. The molecular formula is C17H27N5O2. The first-order chi connectivity index (χ1) is 11.8. The summed E-state index contributed by atoms with van der Waals surface area (Å²) in [6.45, 7) is 4.92. The van der Waals surface area contributed by atoms with Crippen molar-refractivity contribution in [2.75, 3.05) is 19.6 Å². The molecule has 1 aromatic heterocycles. The molecule has 1 aliphatic carbocycles. The van der Waals surface area contributed by atoms with Crippen molar-refractivity contribution in [3.05, 3.63) is 18.0 Å². The molecule has 0 spiro atoms. The number of rotatable bonds is 5. The number of hydrogen-bond donors (Lipinski definition) is 2. The van der Waals surface area contributed by atoms with Crippen molar-refractivity contribution in [2.24, 2.45) is 10.9 Å². The maximum absolute atomic E-state index is 12.5. The molecule has 2 fully saturated rings. The van der Waals surface area contributed by atoms with Crippen molar-refractivity contribution in [1.82, 2.24) is 20.7 Å². The SMILES string of the molecule is CCNC(=NCc1ccon1)NC1CCN(C(=O)C2CCCC2)C1. The van der Waals surface area contributed by atoms with Crippen molar-refractivity contribution in [3.63, 3.8) is 0 Å². The third-order valence-electron chi connectivity index (χ3n) is 4.78. The van der Waals surface area contributed by atoms with Crippen molar-refractivity contribution in [2.45, 2.75) is 51.6 Å². The Labute approximate surface area is 142 Å². The fourth-order valence-corrected chi connectivity index (χ4v) is 3.50. The first-order valence-corrected chi connectivity index (χ1v) is 8.99. The van der Waals surface area contributed by atoms with E-state index in [0.717, 1.165) is 50.6 Å². The summed E-state index contributed by atoms with van der Waals surface area (Å²) in [6, 6.07) is 2.07. The van der Waals surface area contributed by atoms with Gasteiger partial charge in [-0.05, 0) is 26.2 Å². The zero-order valence-electron chi connectivity index (χ0n) is 14.3. The molecule has 1 aromatic rings. The van der Waals surface area contributed by atoms with E-state index in [9.17, 15) is 4.79 Å². The Balaban J connectivity index is 1.51. The molecule has 2 aliphatic rings. The number of carbonyl (C=O) groups is 1. The second-order valence-corrected chi connectivity index (χ2v) is 6.58. The quantitative estimate of drug-likeness (QED) is 0.631. The van der Waals surface area contributed by atoms with Gasteiger partial charge in [0.05, 0.1) is 6.54 Å². The number of guanidine groups is 1. The summed E-state index contributed by atoms with van der Waals surface area (Å²) in [7, 11) is 0. The van der Waals surface area contributed by atoms with Gasteiger partial charge in [-0.25, -0.2) is 4.99 Å². The van der Waals surface area contributed by atoms with Gasteiger partial charge < -0.3 is 20.1 Å². The molecule has 7 nitrogen and oxygen atoms in total. The van der Waals surface area contributed by atoms with E-state index in [1.807, 2.05) is 17.9 Å². The standard InChI is InChI=1S/C17H27N5O2/c1-2-18-17(19-11-14-8-10-24-21-14)20-15-7-9-22(12-15)16(23)13-5-3-4-6-13/h8,10,13,15H,2-7,9,11-12H2,1H3,(H2,18,19,20). The van der Waals surface area contributed by atoms with Gasteiger partial charge in [-0.1, -0.05) is 18.0 Å². The van der Waals surface area contributed by atoms with E-state index in [4.69, 9.17) is 4.52 Å².